The zero-order chi connectivity index (χ0) is 28.4. The van der Waals surface area contributed by atoms with Gasteiger partial charge in [-0.3, -0.25) is 14.3 Å². The number of hydrogen-bond donors (Lipinski definition) is 0. The van der Waals surface area contributed by atoms with Gasteiger partial charge < -0.3 is 14.4 Å². The van der Waals surface area contributed by atoms with E-state index in [0.717, 1.165) is 28.8 Å². The molecule has 0 N–H and O–H groups in total. The molecule has 9 nitrogen and oxygen atoms in total. The van der Waals surface area contributed by atoms with Crippen LogP contribution in [0, 0.1) is 5.82 Å². The predicted octanol–water partition coefficient (Wildman–Crippen LogP) is 3.70. The zero-order valence-corrected chi connectivity index (χ0v) is 21.1. The predicted molar refractivity (Wildman–Crippen MR) is 129 cm³/mol. The highest BCUT2D eigenvalue weighted by Crippen LogP contribution is 2.46. The molecule has 40 heavy (non-hydrogen) atoms. The average Bonchev–Trinajstić information content (AvgIpc) is 3.51. The number of carbonyl (C=O) groups is 3. The average molecular weight is 558 g/mol. The van der Waals surface area contributed by atoms with Crippen molar-refractivity contribution in [2.75, 3.05) is 13.2 Å². The largest absolute Gasteiger partial charge is 0.491 e. The van der Waals surface area contributed by atoms with Gasteiger partial charge in [-0.2, -0.15) is 18.3 Å². The Bertz CT molecular complexity index is 1550. The third-order valence-electron chi connectivity index (χ3n) is 7.53. The molecule has 3 amide bonds. The molecule has 3 aromatic rings. The lowest BCUT2D eigenvalue weighted by molar-refractivity contribution is -0.195. The molecule has 1 aliphatic carbocycles. The van der Waals surface area contributed by atoms with Crippen molar-refractivity contribution in [2.24, 2.45) is 7.05 Å². The first-order chi connectivity index (χ1) is 19.0. The van der Waals surface area contributed by atoms with Gasteiger partial charge in [-0.25, -0.2) is 14.1 Å². The van der Waals surface area contributed by atoms with Gasteiger partial charge >= 0.3 is 12.3 Å². The maximum absolute atomic E-state index is 13.9. The van der Waals surface area contributed by atoms with E-state index < -0.39 is 61.2 Å². The monoisotopic (exact) mass is 558 g/mol. The molecule has 13 heteroatoms. The summed E-state index contributed by atoms with van der Waals surface area (Å²) in [5.41, 5.74) is 1.31. The molecule has 3 aliphatic rings. The van der Waals surface area contributed by atoms with Crippen LogP contribution < -0.4 is 4.74 Å². The topological polar surface area (TPSA) is 94.0 Å². The van der Waals surface area contributed by atoms with Crippen molar-refractivity contribution in [3.8, 4) is 16.9 Å². The number of alkyl halides is 3. The minimum atomic E-state index is -4.89. The number of aromatic nitrogens is 2. The summed E-state index contributed by atoms with van der Waals surface area (Å²) < 4.78 is 68.1. The molecule has 1 spiro atoms. The first-order valence-electron chi connectivity index (χ1n) is 12.4. The first kappa shape index (κ1) is 25.8. The number of aryl methyl sites for hydroxylation is 2. The van der Waals surface area contributed by atoms with Crippen molar-refractivity contribution in [1.82, 2.24) is 19.6 Å². The van der Waals surface area contributed by atoms with Gasteiger partial charge in [-0.15, -0.1) is 0 Å². The van der Waals surface area contributed by atoms with Crippen molar-refractivity contribution in [3.05, 3.63) is 71.3 Å². The molecular formula is C27H22F4N4O5. The van der Waals surface area contributed by atoms with Gasteiger partial charge in [0.25, 0.3) is 5.91 Å². The second-order valence-corrected chi connectivity index (χ2v) is 10.0. The molecule has 0 bridgehead atoms. The zero-order valence-electron chi connectivity index (χ0n) is 21.1. The van der Waals surface area contributed by atoms with E-state index in [0.29, 0.717) is 21.8 Å². The second kappa shape index (κ2) is 9.07. The van der Waals surface area contributed by atoms with Crippen LogP contribution in [0.3, 0.4) is 0 Å². The molecule has 0 unspecified atom stereocenters. The highest BCUT2D eigenvalue weighted by molar-refractivity contribution is 6.06. The standard InChI is InChI=1S/C27H22F4N4O5/c1-33-11-18(10-32-33)15-2-4-20-16(8-15)6-7-26(20)24(37)35(25(38)40-26)13-23(36)34-12-17-9-19(28)3-5-21(17)39-14-22(34)27(29,30)31/h2-5,8-11,22H,6-7,12-14H2,1H3/t22-,26+/m0/s1. The number of rotatable bonds is 3. The van der Waals surface area contributed by atoms with Gasteiger partial charge in [0.1, 0.15) is 24.7 Å². The highest BCUT2D eigenvalue weighted by Gasteiger charge is 2.59. The Hall–Kier alpha value is -4.42. The van der Waals surface area contributed by atoms with E-state index in [9.17, 15) is 31.9 Å². The van der Waals surface area contributed by atoms with Crippen LogP contribution >= 0.6 is 0 Å². The van der Waals surface area contributed by atoms with Crippen LogP contribution in [-0.4, -0.2) is 62.9 Å². The number of ether oxygens (including phenoxy) is 2. The summed E-state index contributed by atoms with van der Waals surface area (Å²) in [5.74, 6) is -2.68. The maximum atomic E-state index is 13.9. The molecule has 0 saturated carbocycles. The third kappa shape index (κ3) is 4.16. The summed E-state index contributed by atoms with van der Waals surface area (Å²) in [7, 11) is 1.78. The lowest BCUT2D eigenvalue weighted by Crippen LogP contribution is -2.53. The number of carbonyl (C=O) groups excluding carboxylic acids is 3. The SMILES string of the molecule is Cn1cc(-c2ccc3c(c2)CC[C@@]32OC(=O)N(CC(=O)N3Cc4cc(F)ccc4OC[C@H]3C(F)(F)F)C2=O)cn1. The van der Waals surface area contributed by atoms with E-state index in [1.54, 1.807) is 30.1 Å². The van der Waals surface area contributed by atoms with Crippen LogP contribution in [0.15, 0.2) is 48.8 Å². The van der Waals surface area contributed by atoms with Crippen LogP contribution in [0.1, 0.15) is 23.1 Å². The first-order valence-corrected chi connectivity index (χ1v) is 12.4. The smallest absolute Gasteiger partial charge is 0.418 e. The molecule has 1 aromatic heterocycles. The number of fused-ring (bicyclic) bond motifs is 3. The highest BCUT2D eigenvalue weighted by atomic mass is 19.4. The van der Waals surface area contributed by atoms with Crippen molar-refractivity contribution in [3.63, 3.8) is 0 Å². The number of imide groups is 1. The lowest BCUT2D eigenvalue weighted by Gasteiger charge is -2.31. The normalized spacial score (nSPS) is 22.2. The van der Waals surface area contributed by atoms with Crippen molar-refractivity contribution in [1.29, 1.82) is 0 Å². The van der Waals surface area contributed by atoms with E-state index in [4.69, 9.17) is 9.47 Å². The number of nitrogens with zero attached hydrogens (tertiary/aromatic N) is 4. The number of halogens is 4. The summed E-state index contributed by atoms with van der Waals surface area (Å²) in [4.78, 5) is 40.7. The van der Waals surface area contributed by atoms with Crippen LogP contribution in [0.2, 0.25) is 0 Å². The number of amides is 3. The molecule has 2 aromatic carbocycles. The summed E-state index contributed by atoms with van der Waals surface area (Å²) in [6.07, 6.45) is -1.95. The van der Waals surface area contributed by atoms with E-state index in [-0.39, 0.29) is 17.7 Å². The summed E-state index contributed by atoms with van der Waals surface area (Å²) >= 11 is 0. The van der Waals surface area contributed by atoms with E-state index in [2.05, 4.69) is 5.10 Å². The Labute approximate surface area is 224 Å². The quantitative estimate of drug-likeness (QED) is 0.456. The Morgan fingerprint density at radius 1 is 1.12 bits per heavy atom. The minimum Gasteiger partial charge on any atom is -0.491 e. The second-order valence-electron chi connectivity index (χ2n) is 10.0. The number of benzene rings is 2. The van der Waals surface area contributed by atoms with Gasteiger partial charge in [0, 0.05) is 36.4 Å². The Balaban J connectivity index is 1.26. The Kier molecular flexibility index (Phi) is 5.86. The molecule has 3 heterocycles. The van der Waals surface area contributed by atoms with E-state index in [1.807, 2.05) is 12.3 Å². The van der Waals surface area contributed by atoms with Gasteiger partial charge in [0.15, 0.2) is 6.04 Å². The molecule has 1 saturated heterocycles. The number of hydrogen-bond acceptors (Lipinski definition) is 6. The van der Waals surface area contributed by atoms with Gasteiger partial charge in [-0.05, 0) is 35.7 Å². The van der Waals surface area contributed by atoms with Gasteiger partial charge in [-0.1, -0.05) is 18.2 Å². The van der Waals surface area contributed by atoms with Crippen molar-refractivity contribution < 1.29 is 41.4 Å². The molecule has 2 aliphatic heterocycles. The van der Waals surface area contributed by atoms with Crippen LogP contribution in [0.25, 0.3) is 11.1 Å². The fourth-order valence-electron chi connectivity index (χ4n) is 5.53. The minimum absolute atomic E-state index is 0.00905. The summed E-state index contributed by atoms with van der Waals surface area (Å²) in [6, 6.07) is 6.14. The van der Waals surface area contributed by atoms with Gasteiger partial charge in [0.05, 0.1) is 12.7 Å². The molecule has 0 radical (unpaired) electrons. The van der Waals surface area contributed by atoms with Crippen LogP contribution in [-0.2, 0) is 39.9 Å². The summed E-state index contributed by atoms with van der Waals surface area (Å²) in [5, 5.41) is 4.15. The Morgan fingerprint density at radius 3 is 2.65 bits per heavy atom. The van der Waals surface area contributed by atoms with Crippen molar-refractivity contribution >= 4 is 17.9 Å². The molecular weight excluding hydrogens is 536 g/mol. The van der Waals surface area contributed by atoms with E-state index >= 15 is 0 Å². The van der Waals surface area contributed by atoms with Crippen LogP contribution in [0.4, 0.5) is 22.4 Å². The maximum Gasteiger partial charge on any atom is 0.418 e. The van der Waals surface area contributed by atoms with Crippen molar-refractivity contribution in [2.45, 2.75) is 37.2 Å². The molecule has 6 rings (SSSR count). The molecule has 2 atom stereocenters. The fourth-order valence-corrected chi connectivity index (χ4v) is 5.53. The van der Waals surface area contributed by atoms with Crippen LogP contribution in [0.5, 0.6) is 5.75 Å². The lowest BCUT2D eigenvalue weighted by atomic mass is 9.93. The van der Waals surface area contributed by atoms with E-state index in [1.165, 1.54) is 6.07 Å². The Morgan fingerprint density at radius 2 is 1.93 bits per heavy atom. The fraction of sp³-hybridized carbons (Fsp3) is 0.333. The van der Waals surface area contributed by atoms with Gasteiger partial charge in [0.2, 0.25) is 11.5 Å². The molecule has 208 valence electrons. The third-order valence-corrected chi connectivity index (χ3v) is 7.53. The summed E-state index contributed by atoms with van der Waals surface area (Å²) in [6.45, 7) is -2.53. The molecule has 1 fully saturated rings.